The van der Waals surface area contributed by atoms with Crippen LogP contribution in [0.25, 0.3) is 0 Å². The van der Waals surface area contributed by atoms with Crippen molar-refractivity contribution in [3.8, 4) is 6.07 Å². The van der Waals surface area contributed by atoms with Gasteiger partial charge in [-0.3, -0.25) is 10.1 Å². The van der Waals surface area contributed by atoms with E-state index in [0.717, 1.165) is 6.07 Å². The van der Waals surface area contributed by atoms with Gasteiger partial charge in [0, 0.05) is 29.2 Å². The van der Waals surface area contributed by atoms with Crippen LogP contribution in [0.3, 0.4) is 0 Å². The minimum atomic E-state index is -1.84. The van der Waals surface area contributed by atoms with Crippen LogP contribution in [0.5, 0.6) is 0 Å². The van der Waals surface area contributed by atoms with E-state index in [1.807, 2.05) is 0 Å². The quantitative estimate of drug-likeness (QED) is 0.556. The Labute approximate surface area is 194 Å². The fourth-order valence-corrected chi connectivity index (χ4v) is 4.89. The number of carboxylic acid groups (broad SMARTS) is 1. The molecule has 9 heteroatoms. The van der Waals surface area contributed by atoms with Crippen LogP contribution in [-0.2, 0) is 10.2 Å². The first-order chi connectivity index (χ1) is 15.0. The maximum absolute atomic E-state index is 15.2. The Morgan fingerprint density at radius 2 is 1.97 bits per heavy atom. The fourth-order valence-electron chi connectivity index (χ4n) is 4.55. The van der Waals surface area contributed by atoms with Crippen molar-refractivity contribution in [2.75, 3.05) is 6.61 Å². The second-order valence-corrected chi connectivity index (χ2v) is 9.63. The zero-order valence-corrected chi connectivity index (χ0v) is 18.9. The van der Waals surface area contributed by atoms with Gasteiger partial charge in [0.05, 0.1) is 11.1 Å². The number of carbonyl (C=O) groups is 1. The van der Waals surface area contributed by atoms with Crippen molar-refractivity contribution >= 4 is 29.2 Å². The minimum Gasteiger partial charge on any atom is -0.480 e. The van der Waals surface area contributed by atoms with Crippen LogP contribution in [-0.4, -0.2) is 34.9 Å². The van der Waals surface area contributed by atoms with E-state index < -0.39 is 46.4 Å². The second-order valence-electron chi connectivity index (χ2n) is 8.79. The van der Waals surface area contributed by atoms with E-state index in [4.69, 9.17) is 23.2 Å². The number of halogens is 4. The zero-order valence-electron chi connectivity index (χ0n) is 17.4. The fraction of sp³-hybridized carbons (Fsp3) is 0.391. The Balaban J connectivity index is 2.37. The SMILES string of the molecule is CC(C)(CO)C[C@@H]1N[C@@H](C(=O)O)[C@H](c2cccc(Cl)c2F)[C@@]1(C#N)c1ccc(Cl)cc1F. The number of aliphatic hydroxyl groups excluding tert-OH is 1. The number of hydrogen-bond donors (Lipinski definition) is 3. The first-order valence-corrected chi connectivity index (χ1v) is 10.6. The van der Waals surface area contributed by atoms with E-state index in [1.165, 1.54) is 30.3 Å². The van der Waals surface area contributed by atoms with Gasteiger partial charge in [-0.05, 0) is 35.6 Å². The van der Waals surface area contributed by atoms with Gasteiger partial charge in [-0.15, -0.1) is 0 Å². The number of aliphatic hydroxyl groups is 1. The first-order valence-electron chi connectivity index (χ1n) is 9.89. The van der Waals surface area contributed by atoms with Gasteiger partial charge in [0.1, 0.15) is 23.1 Å². The molecule has 1 heterocycles. The molecule has 1 aliphatic rings. The van der Waals surface area contributed by atoms with Crippen molar-refractivity contribution < 1.29 is 23.8 Å². The average Bonchev–Trinajstić information content (AvgIpc) is 3.04. The smallest absolute Gasteiger partial charge is 0.321 e. The molecule has 5 nitrogen and oxygen atoms in total. The molecule has 0 amide bonds. The highest BCUT2D eigenvalue weighted by atomic mass is 35.5. The number of benzene rings is 2. The van der Waals surface area contributed by atoms with Gasteiger partial charge in [-0.25, -0.2) is 8.78 Å². The Morgan fingerprint density at radius 1 is 1.28 bits per heavy atom. The van der Waals surface area contributed by atoms with Crippen LogP contribution >= 0.6 is 23.2 Å². The maximum Gasteiger partial charge on any atom is 0.321 e. The molecule has 32 heavy (non-hydrogen) atoms. The summed E-state index contributed by atoms with van der Waals surface area (Å²) in [6.07, 6.45) is 0.113. The molecule has 0 spiro atoms. The lowest BCUT2D eigenvalue weighted by atomic mass is 9.62. The number of rotatable bonds is 6. The van der Waals surface area contributed by atoms with Gasteiger partial charge in [-0.1, -0.05) is 55.2 Å². The lowest BCUT2D eigenvalue weighted by molar-refractivity contribution is -0.139. The molecule has 1 fully saturated rings. The van der Waals surface area contributed by atoms with Crippen LogP contribution < -0.4 is 5.32 Å². The Hall–Kier alpha value is -2.24. The number of nitriles is 1. The summed E-state index contributed by atoms with van der Waals surface area (Å²) in [7, 11) is 0. The molecule has 1 saturated heterocycles. The first kappa shape index (κ1) is 24.4. The van der Waals surface area contributed by atoms with E-state index in [2.05, 4.69) is 11.4 Å². The van der Waals surface area contributed by atoms with E-state index in [9.17, 15) is 20.3 Å². The summed E-state index contributed by atoms with van der Waals surface area (Å²) in [6.45, 7) is 3.21. The highest BCUT2D eigenvalue weighted by Crippen LogP contribution is 2.52. The molecule has 1 aliphatic heterocycles. The summed E-state index contributed by atoms with van der Waals surface area (Å²) >= 11 is 11.9. The summed E-state index contributed by atoms with van der Waals surface area (Å²) < 4.78 is 30.4. The number of carboxylic acids is 1. The standard InChI is InChI=1S/C23H22Cl2F2N2O3/c1-22(2,11-30)9-17-23(10-28,14-7-6-12(24)8-16(14)26)18(20(29-17)21(31)32)13-4-3-5-15(25)19(13)27/h3-8,17-18,20,29-30H,9,11H2,1-2H3,(H,31,32)/t17-,18-,20+,23-/m0/s1. The lowest BCUT2D eigenvalue weighted by Gasteiger charge is -2.37. The van der Waals surface area contributed by atoms with E-state index in [0.29, 0.717) is 0 Å². The summed E-state index contributed by atoms with van der Waals surface area (Å²) in [4.78, 5) is 12.2. The third kappa shape index (κ3) is 4.08. The molecule has 0 aromatic heterocycles. The predicted octanol–water partition coefficient (Wildman–Crippen LogP) is 4.65. The van der Waals surface area contributed by atoms with Gasteiger partial charge in [0.15, 0.2) is 0 Å². The molecule has 0 saturated carbocycles. The van der Waals surface area contributed by atoms with Crippen molar-refractivity contribution in [2.24, 2.45) is 5.41 Å². The van der Waals surface area contributed by atoms with Gasteiger partial charge < -0.3 is 10.2 Å². The molecular weight excluding hydrogens is 461 g/mol. The monoisotopic (exact) mass is 482 g/mol. The van der Waals surface area contributed by atoms with Crippen LogP contribution in [0.1, 0.15) is 37.3 Å². The molecule has 4 atom stereocenters. The van der Waals surface area contributed by atoms with Crippen molar-refractivity contribution in [1.82, 2.24) is 5.32 Å². The zero-order chi connectivity index (χ0) is 23.8. The number of hydrogen-bond acceptors (Lipinski definition) is 4. The van der Waals surface area contributed by atoms with Crippen LogP contribution in [0, 0.1) is 28.4 Å². The summed E-state index contributed by atoms with van der Waals surface area (Å²) in [5, 5.41) is 33.0. The number of nitrogens with one attached hydrogen (secondary N) is 1. The van der Waals surface area contributed by atoms with Crippen molar-refractivity contribution in [1.29, 1.82) is 5.26 Å². The largest absolute Gasteiger partial charge is 0.480 e. The third-order valence-corrected chi connectivity index (χ3v) is 6.61. The second kappa shape index (κ2) is 8.95. The predicted molar refractivity (Wildman–Crippen MR) is 117 cm³/mol. The highest BCUT2D eigenvalue weighted by molar-refractivity contribution is 6.31. The van der Waals surface area contributed by atoms with Gasteiger partial charge >= 0.3 is 5.97 Å². The molecule has 170 valence electrons. The Kier molecular flexibility index (Phi) is 6.83. The van der Waals surface area contributed by atoms with Crippen LogP contribution in [0.4, 0.5) is 8.78 Å². The summed E-state index contributed by atoms with van der Waals surface area (Å²) in [6, 6.07) is 7.63. The van der Waals surface area contributed by atoms with Crippen LogP contribution in [0.15, 0.2) is 36.4 Å². The van der Waals surface area contributed by atoms with E-state index >= 15 is 8.78 Å². The summed E-state index contributed by atoms with van der Waals surface area (Å²) in [5.41, 5.74) is -2.80. The van der Waals surface area contributed by atoms with Crippen molar-refractivity contribution in [3.05, 3.63) is 69.2 Å². The van der Waals surface area contributed by atoms with Crippen LogP contribution in [0.2, 0.25) is 10.0 Å². The lowest BCUT2D eigenvalue weighted by Crippen LogP contribution is -2.45. The van der Waals surface area contributed by atoms with Gasteiger partial charge in [0.25, 0.3) is 0 Å². The molecule has 3 N–H and O–H groups in total. The third-order valence-electron chi connectivity index (χ3n) is 6.08. The number of nitrogens with zero attached hydrogens (tertiary/aromatic N) is 1. The topological polar surface area (TPSA) is 93.3 Å². The van der Waals surface area contributed by atoms with Crippen molar-refractivity contribution in [2.45, 2.75) is 43.7 Å². The number of aliphatic carboxylic acids is 1. The molecule has 0 radical (unpaired) electrons. The Bertz CT molecular complexity index is 1090. The molecule has 2 aromatic carbocycles. The van der Waals surface area contributed by atoms with E-state index in [-0.39, 0.29) is 34.2 Å². The van der Waals surface area contributed by atoms with Gasteiger partial charge in [0.2, 0.25) is 0 Å². The van der Waals surface area contributed by atoms with E-state index in [1.54, 1.807) is 13.8 Å². The highest BCUT2D eigenvalue weighted by Gasteiger charge is 2.61. The Morgan fingerprint density at radius 3 is 2.53 bits per heavy atom. The molecular formula is C23H22Cl2F2N2O3. The molecule has 0 bridgehead atoms. The minimum absolute atomic E-state index is 0.0952. The normalized spacial score (nSPS) is 25.5. The van der Waals surface area contributed by atoms with Gasteiger partial charge in [-0.2, -0.15) is 5.26 Å². The maximum atomic E-state index is 15.2. The average molecular weight is 483 g/mol. The summed E-state index contributed by atoms with van der Waals surface area (Å²) in [5.74, 6) is -4.33. The molecule has 0 unspecified atom stereocenters. The molecule has 3 rings (SSSR count). The van der Waals surface area contributed by atoms with Crippen molar-refractivity contribution in [3.63, 3.8) is 0 Å². The molecule has 0 aliphatic carbocycles. The molecule has 2 aromatic rings.